The van der Waals surface area contributed by atoms with Crippen molar-refractivity contribution in [1.82, 2.24) is 24.1 Å². The summed E-state index contributed by atoms with van der Waals surface area (Å²) in [7, 11) is 0. The maximum absolute atomic E-state index is 5.18. The van der Waals surface area contributed by atoms with Crippen LogP contribution in [-0.4, -0.2) is 24.1 Å². The highest BCUT2D eigenvalue weighted by atomic mass is 32.1. The Balaban J connectivity index is 1.11. The van der Waals surface area contributed by atoms with Gasteiger partial charge in [0.2, 0.25) is 5.95 Å². The number of nitrogens with zero attached hydrogens (tertiary/aromatic N) is 5. The Kier molecular flexibility index (Phi) is 6.90. The Morgan fingerprint density at radius 3 is 1.34 bits per heavy atom. The number of thiophene rings is 2. The second-order valence-electron chi connectivity index (χ2n) is 14.0. The molecule has 0 fully saturated rings. The Hall–Kier alpha value is -6.93. The predicted octanol–water partition coefficient (Wildman–Crippen LogP) is 13.5. The first-order valence-corrected chi connectivity index (χ1v) is 20.2. The minimum absolute atomic E-state index is 0.604. The Bertz CT molecular complexity index is 3410. The first-order chi connectivity index (χ1) is 27.8. The highest BCUT2D eigenvalue weighted by molar-refractivity contribution is 7.26. The van der Waals surface area contributed by atoms with Crippen LogP contribution < -0.4 is 0 Å². The van der Waals surface area contributed by atoms with Gasteiger partial charge >= 0.3 is 0 Å². The fourth-order valence-corrected chi connectivity index (χ4v) is 10.8. The molecule has 0 saturated heterocycles. The molecular formula is C49H29N5S2. The van der Waals surface area contributed by atoms with Gasteiger partial charge in [-0.05, 0) is 59.7 Å². The molecule has 0 aliphatic carbocycles. The number of aromatic nitrogens is 5. The standard InChI is InChI=1S/C49H29N5S2/c1-4-14-30(15-5-1)45-50-46(31-16-6-2-7-17-31)52-49(51-45)54-40-27-25-33(29-38(40)44-36-21-11-13-23-42(36)56-48(44)54)32-24-26-39-37(28-32)43-35-20-10-12-22-41(35)55-47(43)53(39)34-18-8-3-9-19-34/h1-29H. The monoisotopic (exact) mass is 751 g/mol. The van der Waals surface area contributed by atoms with Gasteiger partial charge in [0.15, 0.2) is 11.6 Å². The lowest BCUT2D eigenvalue weighted by Gasteiger charge is -2.11. The topological polar surface area (TPSA) is 48.5 Å². The molecule has 0 N–H and O–H groups in total. The molecule has 0 bridgehead atoms. The molecule has 12 rings (SSSR count). The lowest BCUT2D eigenvalue weighted by atomic mass is 10.00. The summed E-state index contributed by atoms with van der Waals surface area (Å²) in [4.78, 5) is 17.7. The molecule has 0 spiro atoms. The molecule has 5 nitrogen and oxygen atoms in total. The van der Waals surface area contributed by atoms with Crippen LogP contribution in [0.2, 0.25) is 0 Å². The van der Waals surface area contributed by atoms with Crippen LogP contribution in [0.3, 0.4) is 0 Å². The predicted molar refractivity (Wildman–Crippen MR) is 236 cm³/mol. The molecular weight excluding hydrogens is 723 g/mol. The first-order valence-electron chi connectivity index (χ1n) is 18.6. The highest BCUT2D eigenvalue weighted by Crippen LogP contribution is 2.46. The third-order valence-electron chi connectivity index (χ3n) is 10.8. The Labute approximate surface area is 329 Å². The normalized spacial score (nSPS) is 11.9. The average Bonchev–Trinajstić information content (AvgIpc) is 4.00. The summed E-state index contributed by atoms with van der Waals surface area (Å²) in [6.07, 6.45) is 0. The van der Waals surface area contributed by atoms with Crippen molar-refractivity contribution >= 4 is 85.1 Å². The Morgan fingerprint density at radius 2 is 0.804 bits per heavy atom. The summed E-state index contributed by atoms with van der Waals surface area (Å²) in [6.45, 7) is 0. The molecule has 0 unspecified atom stereocenters. The molecule has 262 valence electrons. The number of fused-ring (bicyclic) bond motifs is 10. The summed E-state index contributed by atoms with van der Waals surface area (Å²) in [5.41, 5.74) is 7.69. The molecule has 0 aliphatic heterocycles. The van der Waals surface area contributed by atoms with Crippen LogP contribution in [0.15, 0.2) is 176 Å². The lowest BCUT2D eigenvalue weighted by Crippen LogP contribution is -2.06. The summed E-state index contributed by atoms with van der Waals surface area (Å²) in [6, 6.07) is 62.4. The molecule has 0 saturated carbocycles. The van der Waals surface area contributed by atoms with Crippen molar-refractivity contribution in [2.24, 2.45) is 0 Å². The zero-order valence-corrected chi connectivity index (χ0v) is 31.4. The summed E-state index contributed by atoms with van der Waals surface area (Å²) in [5.74, 6) is 1.89. The summed E-state index contributed by atoms with van der Waals surface area (Å²) >= 11 is 3.64. The number of rotatable bonds is 5. The van der Waals surface area contributed by atoms with Gasteiger partial charge in [-0.1, -0.05) is 127 Å². The van der Waals surface area contributed by atoms with Crippen molar-refractivity contribution in [3.63, 3.8) is 0 Å². The molecule has 0 amide bonds. The van der Waals surface area contributed by atoms with Crippen molar-refractivity contribution in [2.45, 2.75) is 0 Å². The van der Waals surface area contributed by atoms with Crippen LogP contribution in [0, 0.1) is 0 Å². The molecule has 12 aromatic rings. The van der Waals surface area contributed by atoms with Crippen LogP contribution in [-0.2, 0) is 0 Å². The van der Waals surface area contributed by atoms with Crippen molar-refractivity contribution in [3.8, 4) is 45.5 Å². The van der Waals surface area contributed by atoms with Crippen LogP contribution in [0.25, 0.3) is 108 Å². The fraction of sp³-hybridized carbons (Fsp3) is 0. The zero-order valence-electron chi connectivity index (χ0n) is 29.8. The summed E-state index contributed by atoms with van der Waals surface area (Å²) < 4.78 is 7.19. The highest BCUT2D eigenvalue weighted by Gasteiger charge is 2.23. The van der Waals surface area contributed by atoms with E-state index in [1.165, 1.54) is 68.9 Å². The molecule has 0 aliphatic rings. The van der Waals surface area contributed by atoms with Crippen molar-refractivity contribution < 1.29 is 0 Å². The van der Waals surface area contributed by atoms with E-state index in [0.717, 1.165) is 21.5 Å². The maximum atomic E-state index is 5.18. The van der Waals surface area contributed by atoms with Gasteiger partial charge in [0.1, 0.15) is 9.66 Å². The van der Waals surface area contributed by atoms with Gasteiger partial charge < -0.3 is 4.57 Å². The van der Waals surface area contributed by atoms with Crippen molar-refractivity contribution in [3.05, 3.63) is 176 Å². The number of hydrogen-bond acceptors (Lipinski definition) is 5. The second-order valence-corrected chi connectivity index (χ2v) is 16.1. The third kappa shape index (κ3) is 4.75. The van der Waals surface area contributed by atoms with E-state index in [9.17, 15) is 0 Å². The van der Waals surface area contributed by atoms with Gasteiger partial charge in [-0.25, -0.2) is 4.98 Å². The zero-order chi connectivity index (χ0) is 36.7. The van der Waals surface area contributed by atoms with Crippen LogP contribution >= 0.6 is 22.7 Å². The number of benzene rings is 7. The van der Waals surface area contributed by atoms with E-state index in [-0.39, 0.29) is 0 Å². The molecule has 5 aromatic heterocycles. The average molecular weight is 752 g/mol. The van der Waals surface area contributed by atoms with Gasteiger partial charge in [-0.3, -0.25) is 4.57 Å². The molecule has 5 heterocycles. The molecule has 0 atom stereocenters. The maximum Gasteiger partial charge on any atom is 0.239 e. The van der Waals surface area contributed by atoms with Crippen molar-refractivity contribution in [2.75, 3.05) is 0 Å². The van der Waals surface area contributed by atoms with Gasteiger partial charge in [-0.2, -0.15) is 9.97 Å². The third-order valence-corrected chi connectivity index (χ3v) is 13.1. The van der Waals surface area contributed by atoms with E-state index < -0.39 is 0 Å². The van der Waals surface area contributed by atoms with Crippen LogP contribution in [0.4, 0.5) is 0 Å². The minimum Gasteiger partial charge on any atom is -0.301 e. The van der Waals surface area contributed by atoms with E-state index in [4.69, 9.17) is 15.0 Å². The van der Waals surface area contributed by atoms with E-state index in [2.05, 4.69) is 149 Å². The fourth-order valence-electron chi connectivity index (χ4n) is 8.27. The van der Waals surface area contributed by atoms with Crippen LogP contribution in [0.5, 0.6) is 0 Å². The quantitative estimate of drug-likeness (QED) is 0.176. The molecule has 7 aromatic carbocycles. The van der Waals surface area contributed by atoms with E-state index in [1.807, 2.05) is 47.7 Å². The minimum atomic E-state index is 0.604. The number of hydrogen-bond donors (Lipinski definition) is 0. The van der Waals surface area contributed by atoms with E-state index >= 15 is 0 Å². The lowest BCUT2D eigenvalue weighted by molar-refractivity contribution is 0.957. The van der Waals surface area contributed by atoms with E-state index in [1.54, 1.807) is 11.3 Å². The van der Waals surface area contributed by atoms with Gasteiger partial charge in [0.25, 0.3) is 0 Å². The second kappa shape index (κ2) is 12.3. The van der Waals surface area contributed by atoms with Gasteiger partial charge in [0.05, 0.1) is 11.0 Å². The Morgan fingerprint density at radius 1 is 0.357 bits per heavy atom. The molecule has 56 heavy (non-hydrogen) atoms. The largest absolute Gasteiger partial charge is 0.301 e. The number of para-hydroxylation sites is 1. The SMILES string of the molecule is c1ccc(-c2nc(-c3ccccc3)nc(-n3c4ccc(-c5ccc6c(c5)c5c7ccccc7sc5n6-c5ccccc5)cc4c4c5ccccc5sc43)n2)cc1. The van der Waals surface area contributed by atoms with Crippen molar-refractivity contribution in [1.29, 1.82) is 0 Å². The van der Waals surface area contributed by atoms with Gasteiger partial charge in [0, 0.05) is 58.5 Å². The summed E-state index contributed by atoms with van der Waals surface area (Å²) in [5, 5.41) is 7.48. The molecule has 0 radical (unpaired) electrons. The smallest absolute Gasteiger partial charge is 0.239 e. The van der Waals surface area contributed by atoms with E-state index in [0.29, 0.717) is 17.6 Å². The first kappa shape index (κ1) is 31.4. The molecule has 7 heteroatoms. The van der Waals surface area contributed by atoms with Gasteiger partial charge in [-0.15, -0.1) is 22.7 Å². The van der Waals surface area contributed by atoms with Crippen LogP contribution in [0.1, 0.15) is 0 Å².